The van der Waals surface area contributed by atoms with Gasteiger partial charge in [-0.2, -0.15) is 10.4 Å². The molecule has 2 N–H and O–H groups in total. The van der Waals surface area contributed by atoms with Crippen LogP contribution < -0.4 is 15.0 Å². The topological polar surface area (TPSA) is 134 Å². The molecule has 0 aromatic carbocycles. The number of nitriles is 1. The summed E-state index contributed by atoms with van der Waals surface area (Å²) in [6.45, 7) is 3.64. The molecule has 0 spiro atoms. The molecule has 0 bridgehead atoms. The lowest BCUT2D eigenvalue weighted by molar-refractivity contribution is 0.173. The Morgan fingerprint density at radius 3 is 2.69 bits per heavy atom. The predicted octanol–water partition coefficient (Wildman–Crippen LogP) is 3.21. The number of amides is 1. The van der Waals surface area contributed by atoms with Crippen molar-refractivity contribution in [1.82, 2.24) is 29.5 Å². The Morgan fingerprint density at radius 1 is 1.25 bits per heavy atom. The van der Waals surface area contributed by atoms with Crippen LogP contribution in [0.15, 0.2) is 49.3 Å². The van der Waals surface area contributed by atoms with Crippen LogP contribution in [0.1, 0.15) is 31.0 Å². The highest BCUT2D eigenvalue weighted by Gasteiger charge is 2.32. The van der Waals surface area contributed by atoms with Crippen molar-refractivity contribution in [2.75, 3.05) is 18.0 Å². The number of piperidine rings is 1. The molecule has 184 valence electrons. The summed E-state index contributed by atoms with van der Waals surface area (Å²) in [7, 11) is 1.90. The van der Waals surface area contributed by atoms with Crippen molar-refractivity contribution in [1.29, 1.82) is 5.26 Å². The van der Waals surface area contributed by atoms with E-state index in [1.807, 2.05) is 42.9 Å². The Bertz CT molecular complexity index is 1440. The number of carbonyl (C=O) groups is 1. The third-order valence-corrected chi connectivity index (χ3v) is 6.51. The number of hydrogen-bond donors (Lipinski definition) is 2. The lowest BCUT2D eigenvalue weighted by atomic mass is 9.90. The molecule has 0 saturated carbocycles. The van der Waals surface area contributed by atoms with Crippen molar-refractivity contribution in [3.05, 3.63) is 60.6 Å². The standard InChI is InChI=1S/C25H26N8O3/c1-25(30-24(34)35)5-7-32(8-6-25)22-4-3-17(11-27-22)21-9-20(36-15-19-13-31(2)16-28-19)14-33-23(21)18(10-26)12-29-33/h3-4,9,11-14,16,30H,5-8,15H2,1-2H3,(H,34,35). The fraction of sp³-hybridized carbons (Fsp3) is 0.320. The monoisotopic (exact) mass is 486 g/mol. The van der Waals surface area contributed by atoms with Crippen LogP contribution in [-0.4, -0.2) is 54.0 Å². The van der Waals surface area contributed by atoms with Gasteiger partial charge in [-0.3, -0.25) is 0 Å². The number of nitrogens with zero attached hydrogens (tertiary/aromatic N) is 7. The van der Waals surface area contributed by atoms with Crippen LogP contribution >= 0.6 is 0 Å². The summed E-state index contributed by atoms with van der Waals surface area (Å²) < 4.78 is 9.50. The minimum atomic E-state index is -0.998. The van der Waals surface area contributed by atoms with Gasteiger partial charge in [0.05, 0.1) is 35.5 Å². The van der Waals surface area contributed by atoms with E-state index < -0.39 is 11.6 Å². The number of fused-ring (bicyclic) bond motifs is 1. The Kier molecular flexibility index (Phi) is 5.93. The summed E-state index contributed by atoms with van der Waals surface area (Å²) in [4.78, 5) is 22.2. The molecule has 1 amide bonds. The zero-order valence-corrected chi connectivity index (χ0v) is 20.0. The zero-order valence-electron chi connectivity index (χ0n) is 20.0. The number of anilines is 1. The maximum atomic E-state index is 11.1. The Labute approximate surface area is 207 Å². The first-order valence-corrected chi connectivity index (χ1v) is 11.6. The molecule has 4 aromatic rings. The second kappa shape index (κ2) is 9.22. The Balaban J connectivity index is 1.39. The van der Waals surface area contributed by atoms with Crippen molar-refractivity contribution in [2.24, 2.45) is 7.05 Å². The molecule has 0 aliphatic carbocycles. The van der Waals surface area contributed by atoms with Crippen molar-refractivity contribution >= 4 is 17.4 Å². The minimum Gasteiger partial charge on any atom is -0.486 e. The van der Waals surface area contributed by atoms with Gasteiger partial charge in [-0.25, -0.2) is 19.3 Å². The first kappa shape index (κ1) is 23.2. The maximum absolute atomic E-state index is 11.1. The van der Waals surface area contributed by atoms with Gasteiger partial charge in [0.25, 0.3) is 0 Å². The van der Waals surface area contributed by atoms with Crippen molar-refractivity contribution < 1.29 is 14.6 Å². The Hall–Kier alpha value is -4.59. The van der Waals surface area contributed by atoms with Crippen molar-refractivity contribution in [3.8, 4) is 22.9 Å². The van der Waals surface area contributed by atoms with E-state index in [-0.39, 0.29) is 0 Å². The molecule has 36 heavy (non-hydrogen) atoms. The van der Waals surface area contributed by atoms with Gasteiger partial charge in [-0.05, 0) is 38.0 Å². The SMILES string of the molecule is Cn1cnc(COc2cc(-c3ccc(N4CCC(C)(NC(=O)O)CC4)nc3)c3c(C#N)cnn3c2)c1. The second-order valence-electron chi connectivity index (χ2n) is 9.25. The van der Waals surface area contributed by atoms with Crippen LogP contribution in [0.25, 0.3) is 16.6 Å². The molecule has 5 rings (SSSR count). The lowest BCUT2D eigenvalue weighted by Crippen LogP contribution is -2.53. The van der Waals surface area contributed by atoms with Gasteiger partial charge in [0.15, 0.2) is 0 Å². The minimum absolute atomic E-state index is 0.306. The van der Waals surface area contributed by atoms with Gasteiger partial charge in [-0.15, -0.1) is 0 Å². The van der Waals surface area contributed by atoms with Gasteiger partial charge >= 0.3 is 6.09 Å². The quantitative estimate of drug-likeness (QED) is 0.424. The smallest absolute Gasteiger partial charge is 0.405 e. The molecule has 1 aliphatic heterocycles. The highest BCUT2D eigenvalue weighted by molar-refractivity contribution is 5.85. The molecule has 1 fully saturated rings. The number of hydrogen-bond acceptors (Lipinski definition) is 7. The van der Waals surface area contributed by atoms with E-state index in [0.717, 1.165) is 22.6 Å². The van der Waals surface area contributed by atoms with Crippen LogP contribution in [0, 0.1) is 11.3 Å². The van der Waals surface area contributed by atoms with E-state index in [1.54, 1.807) is 29.4 Å². The summed E-state index contributed by atoms with van der Waals surface area (Å²) in [6.07, 6.45) is 9.08. The second-order valence-corrected chi connectivity index (χ2v) is 9.25. The molecule has 1 saturated heterocycles. The van der Waals surface area contributed by atoms with E-state index in [4.69, 9.17) is 9.84 Å². The van der Waals surface area contributed by atoms with Gasteiger partial charge in [-0.1, -0.05) is 0 Å². The van der Waals surface area contributed by atoms with E-state index in [1.165, 1.54) is 0 Å². The summed E-state index contributed by atoms with van der Waals surface area (Å²) >= 11 is 0. The van der Waals surface area contributed by atoms with Crippen LogP contribution in [0.2, 0.25) is 0 Å². The van der Waals surface area contributed by atoms with Crippen molar-refractivity contribution in [3.63, 3.8) is 0 Å². The number of pyridine rings is 2. The van der Waals surface area contributed by atoms with E-state index in [0.29, 0.717) is 49.4 Å². The fourth-order valence-electron chi connectivity index (χ4n) is 4.52. The number of ether oxygens (including phenoxy) is 1. The lowest BCUT2D eigenvalue weighted by Gasteiger charge is -2.39. The highest BCUT2D eigenvalue weighted by Crippen LogP contribution is 2.32. The molecule has 4 aromatic heterocycles. The van der Waals surface area contributed by atoms with Crippen LogP contribution in [0.4, 0.5) is 10.6 Å². The summed E-state index contributed by atoms with van der Waals surface area (Å²) in [5, 5.41) is 25.7. The third-order valence-electron chi connectivity index (χ3n) is 6.51. The first-order valence-electron chi connectivity index (χ1n) is 11.6. The zero-order chi connectivity index (χ0) is 25.3. The molecule has 0 atom stereocenters. The average Bonchev–Trinajstić information content (AvgIpc) is 3.47. The highest BCUT2D eigenvalue weighted by atomic mass is 16.5. The van der Waals surface area contributed by atoms with Gasteiger partial charge in [0, 0.05) is 49.2 Å². The number of aromatic nitrogens is 5. The van der Waals surface area contributed by atoms with E-state index in [9.17, 15) is 10.1 Å². The number of carboxylic acid groups (broad SMARTS) is 1. The van der Waals surface area contributed by atoms with Gasteiger partial charge in [0.1, 0.15) is 24.2 Å². The number of imidazole rings is 1. The van der Waals surface area contributed by atoms with E-state index >= 15 is 0 Å². The van der Waals surface area contributed by atoms with E-state index in [2.05, 4.69) is 31.4 Å². The molecular weight excluding hydrogens is 460 g/mol. The maximum Gasteiger partial charge on any atom is 0.405 e. The fourth-order valence-corrected chi connectivity index (χ4v) is 4.52. The summed E-state index contributed by atoms with van der Waals surface area (Å²) in [6, 6.07) is 8.02. The van der Waals surface area contributed by atoms with Crippen molar-refractivity contribution in [2.45, 2.75) is 31.9 Å². The van der Waals surface area contributed by atoms with Gasteiger partial charge < -0.3 is 24.6 Å². The number of rotatable bonds is 6. The third kappa shape index (κ3) is 4.65. The molecule has 1 aliphatic rings. The largest absolute Gasteiger partial charge is 0.486 e. The van der Waals surface area contributed by atoms with Crippen LogP contribution in [0.5, 0.6) is 5.75 Å². The number of nitrogens with one attached hydrogen (secondary N) is 1. The molecule has 11 nitrogen and oxygen atoms in total. The summed E-state index contributed by atoms with van der Waals surface area (Å²) in [5.41, 5.74) is 3.15. The Morgan fingerprint density at radius 2 is 2.06 bits per heavy atom. The average molecular weight is 487 g/mol. The molecular formula is C25H26N8O3. The summed E-state index contributed by atoms with van der Waals surface area (Å²) in [5.74, 6) is 1.42. The predicted molar refractivity (Wildman–Crippen MR) is 132 cm³/mol. The van der Waals surface area contributed by atoms with Crippen LogP contribution in [0.3, 0.4) is 0 Å². The molecule has 5 heterocycles. The van der Waals surface area contributed by atoms with Crippen LogP contribution in [-0.2, 0) is 13.7 Å². The van der Waals surface area contributed by atoms with Gasteiger partial charge in [0.2, 0.25) is 0 Å². The number of aryl methyl sites for hydroxylation is 1. The molecule has 0 radical (unpaired) electrons. The first-order chi connectivity index (χ1) is 17.3. The molecule has 11 heteroatoms. The molecule has 0 unspecified atom stereocenters. The normalized spacial score (nSPS) is 15.0.